The average Bonchev–Trinajstić information content (AvgIpc) is 3.60. The van der Waals surface area contributed by atoms with Gasteiger partial charge in [-0.2, -0.15) is 0 Å². The number of rotatable bonds is 11. The molecule has 2 aliphatic rings. The van der Waals surface area contributed by atoms with Gasteiger partial charge in [0.1, 0.15) is 6.61 Å². The number of carbonyl (C=O) groups excluding carboxylic acids is 2. The number of aliphatic carboxylic acids is 1. The molecule has 0 spiro atoms. The maximum Gasteiger partial charge on any atom is 0.407 e. The van der Waals surface area contributed by atoms with Gasteiger partial charge in [-0.3, -0.25) is 9.59 Å². The van der Waals surface area contributed by atoms with Crippen molar-refractivity contribution in [3.05, 3.63) is 59.7 Å². The molecule has 1 fully saturated rings. The van der Waals surface area contributed by atoms with Gasteiger partial charge in [0.05, 0.1) is 11.3 Å². The van der Waals surface area contributed by atoms with Crippen LogP contribution >= 0.6 is 0 Å². The van der Waals surface area contributed by atoms with Crippen LogP contribution in [0.25, 0.3) is 11.1 Å². The van der Waals surface area contributed by atoms with Gasteiger partial charge < -0.3 is 20.5 Å². The number of carboxylic acids is 1. The highest BCUT2D eigenvalue weighted by Crippen LogP contribution is 2.44. The highest BCUT2D eigenvalue weighted by molar-refractivity contribution is 5.80. The molecule has 2 aliphatic carbocycles. The number of fused-ring (bicyclic) bond motifs is 3. The molecule has 0 radical (unpaired) electrons. The molecule has 7 nitrogen and oxygen atoms in total. The van der Waals surface area contributed by atoms with Gasteiger partial charge in [-0.1, -0.05) is 61.4 Å². The van der Waals surface area contributed by atoms with E-state index in [4.69, 9.17) is 4.74 Å². The first-order valence-corrected chi connectivity index (χ1v) is 12.4. The Hall–Kier alpha value is -3.35. The lowest BCUT2D eigenvalue weighted by Crippen LogP contribution is -2.41. The lowest BCUT2D eigenvalue weighted by molar-refractivity contribution is -0.147. The fourth-order valence-corrected chi connectivity index (χ4v) is 4.64. The highest BCUT2D eigenvalue weighted by Gasteiger charge is 2.32. The Balaban J connectivity index is 1.29. The van der Waals surface area contributed by atoms with Crippen LogP contribution < -0.4 is 10.6 Å². The fraction of sp³-hybridized carbons (Fsp3) is 0.464. The zero-order chi connectivity index (χ0) is 25.0. The molecule has 2 amide bonds. The lowest BCUT2D eigenvalue weighted by Gasteiger charge is -2.21. The number of hydrogen-bond acceptors (Lipinski definition) is 4. The van der Waals surface area contributed by atoms with E-state index >= 15 is 0 Å². The second kappa shape index (κ2) is 10.5. The van der Waals surface area contributed by atoms with Crippen LogP contribution in [0.15, 0.2) is 48.5 Å². The van der Waals surface area contributed by atoms with E-state index in [9.17, 15) is 19.5 Å². The minimum Gasteiger partial charge on any atom is -0.481 e. The standard InChI is InChI=1S/C28H34N2O5/c1-28(2,26(32)33)13-14-29-25(31)19(15-18-11-12-18)16-30-27(34)35-17-24-22-9-5-3-7-20(22)21-8-4-6-10-23(21)24/h3-10,18-19,24H,11-17H2,1-2H3,(H,29,31)(H,30,34)(H,32,33). The molecule has 2 aromatic carbocycles. The van der Waals surface area contributed by atoms with Crippen LogP contribution in [0.4, 0.5) is 4.79 Å². The molecular weight excluding hydrogens is 444 g/mol. The van der Waals surface area contributed by atoms with Crippen LogP contribution in [0, 0.1) is 17.3 Å². The van der Waals surface area contributed by atoms with Crippen LogP contribution in [-0.4, -0.2) is 42.8 Å². The maximum atomic E-state index is 12.8. The zero-order valence-corrected chi connectivity index (χ0v) is 20.4. The average molecular weight is 479 g/mol. The van der Waals surface area contributed by atoms with Gasteiger partial charge in [-0.05, 0) is 54.9 Å². The van der Waals surface area contributed by atoms with Gasteiger partial charge in [0, 0.05) is 19.0 Å². The summed E-state index contributed by atoms with van der Waals surface area (Å²) in [5.74, 6) is -0.923. The van der Waals surface area contributed by atoms with Crippen molar-refractivity contribution in [2.24, 2.45) is 17.3 Å². The first kappa shape index (κ1) is 24.8. The number of alkyl carbamates (subject to hydrolysis) is 1. The fourth-order valence-electron chi connectivity index (χ4n) is 4.64. The maximum absolute atomic E-state index is 12.8. The Morgan fingerprint density at radius 1 is 1.00 bits per heavy atom. The van der Waals surface area contributed by atoms with Gasteiger partial charge in [0.15, 0.2) is 0 Å². The number of benzene rings is 2. The van der Waals surface area contributed by atoms with Gasteiger partial charge in [0.2, 0.25) is 5.91 Å². The Bertz CT molecular complexity index is 1050. The molecule has 3 N–H and O–H groups in total. The van der Waals surface area contributed by atoms with E-state index < -0.39 is 17.5 Å². The number of ether oxygens (including phenoxy) is 1. The summed E-state index contributed by atoms with van der Waals surface area (Å²) in [7, 11) is 0. The third-order valence-electron chi connectivity index (χ3n) is 7.15. The molecular formula is C28H34N2O5. The van der Waals surface area contributed by atoms with Crippen molar-refractivity contribution in [3.63, 3.8) is 0 Å². The quantitative estimate of drug-likeness (QED) is 0.439. The van der Waals surface area contributed by atoms with Gasteiger partial charge in [-0.15, -0.1) is 0 Å². The summed E-state index contributed by atoms with van der Waals surface area (Å²) in [5.41, 5.74) is 3.74. The van der Waals surface area contributed by atoms with Gasteiger partial charge in [-0.25, -0.2) is 4.79 Å². The SMILES string of the molecule is CC(C)(CCNC(=O)C(CNC(=O)OCC1c2ccccc2-c2ccccc21)CC1CC1)C(=O)O. The minimum atomic E-state index is -0.904. The monoisotopic (exact) mass is 478 g/mol. The van der Waals surface area contributed by atoms with Crippen LogP contribution in [0.3, 0.4) is 0 Å². The van der Waals surface area contributed by atoms with Crippen molar-refractivity contribution < 1.29 is 24.2 Å². The molecule has 0 heterocycles. The molecule has 0 aliphatic heterocycles. The third kappa shape index (κ3) is 6.02. The summed E-state index contributed by atoms with van der Waals surface area (Å²) in [6.45, 7) is 3.99. The summed E-state index contributed by atoms with van der Waals surface area (Å²) in [4.78, 5) is 36.6. The lowest BCUT2D eigenvalue weighted by atomic mass is 9.89. The van der Waals surface area contributed by atoms with E-state index in [0.29, 0.717) is 18.8 Å². The second-order valence-corrected chi connectivity index (χ2v) is 10.3. The summed E-state index contributed by atoms with van der Waals surface area (Å²) >= 11 is 0. The first-order chi connectivity index (χ1) is 16.8. The highest BCUT2D eigenvalue weighted by atomic mass is 16.5. The van der Waals surface area contributed by atoms with E-state index in [2.05, 4.69) is 34.9 Å². The first-order valence-electron chi connectivity index (χ1n) is 12.4. The molecule has 0 bridgehead atoms. The molecule has 0 aromatic heterocycles. The minimum absolute atomic E-state index is 0.0173. The molecule has 0 saturated heterocycles. The molecule has 1 unspecified atom stereocenters. The predicted molar refractivity (Wildman–Crippen MR) is 133 cm³/mol. The van der Waals surface area contributed by atoms with Crippen LogP contribution in [-0.2, 0) is 14.3 Å². The van der Waals surface area contributed by atoms with Crippen LogP contribution in [0.5, 0.6) is 0 Å². The molecule has 35 heavy (non-hydrogen) atoms. The Morgan fingerprint density at radius 3 is 2.17 bits per heavy atom. The number of amides is 2. The second-order valence-electron chi connectivity index (χ2n) is 10.3. The molecule has 1 atom stereocenters. The molecule has 2 aromatic rings. The molecule has 186 valence electrons. The van der Waals surface area contributed by atoms with E-state index in [1.165, 1.54) is 11.1 Å². The summed E-state index contributed by atoms with van der Waals surface area (Å²) < 4.78 is 5.60. The summed E-state index contributed by atoms with van der Waals surface area (Å²) in [6, 6.07) is 16.3. The molecule has 4 rings (SSSR count). The summed E-state index contributed by atoms with van der Waals surface area (Å²) in [6.07, 6.45) is 2.70. The van der Waals surface area contributed by atoms with E-state index in [0.717, 1.165) is 24.0 Å². The Morgan fingerprint density at radius 2 is 1.60 bits per heavy atom. The van der Waals surface area contributed by atoms with Crippen molar-refractivity contribution in [2.45, 2.75) is 45.4 Å². The topological polar surface area (TPSA) is 105 Å². The number of carboxylic acid groups (broad SMARTS) is 1. The van der Waals surface area contributed by atoms with E-state index in [-0.39, 0.29) is 37.4 Å². The molecule has 1 saturated carbocycles. The van der Waals surface area contributed by atoms with E-state index in [1.54, 1.807) is 13.8 Å². The largest absolute Gasteiger partial charge is 0.481 e. The predicted octanol–water partition coefficient (Wildman–Crippen LogP) is 4.56. The van der Waals surface area contributed by atoms with Crippen molar-refractivity contribution in [2.75, 3.05) is 19.7 Å². The summed E-state index contributed by atoms with van der Waals surface area (Å²) in [5, 5.41) is 14.9. The number of nitrogens with one attached hydrogen (secondary N) is 2. The number of carbonyl (C=O) groups is 3. The molecule has 7 heteroatoms. The number of hydrogen-bond donors (Lipinski definition) is 3. The smallest absolute Gasteiger partial charge is 0.407 e. The Kier molecular flexibility index (Phi) is 7.43. The third-order valence-corrected chi connectivity index (χ3v) is 7.15. The van der Waals surface area contributed by atoms with E-state index in [1.807, 2.05) is 24.3 Å². The van der Waals surface area contributed by atoms with Crippen LogP contribution in [0.1, 0.15) is 56.6 Å². The van der Waals surface area contributed by atoms with Crippen LogP contribution in [0.2, 0.25) is 0 Å². The normalized spacial score (nSPS) is 15.6. The van der Waals surface area contributed by atoms with Crippen molar-refractivity contribution in [1.29, 1.82) is 0 Å². The Labute approximate surface area is 206 Å². The van der Waals surface area contributed by atoms with Crippen molar-refractivity contribution in [3.8, 4) is 11.1 Å². The zero-order valence-electron chi connectivity index (χ0n) is 20.4. The van der Waals surface area contributed by atoms with Crippen molar-refractivity contribution in [1.82, 2.24) is 10.6 Å². The van der Waals surface area contributed by atoms with Crippen molar-refractivity contribution >= 4 is 18.0 Å². The van der Waals surface area contributed by atoms with Gasteiger partial charge in [0.25, 0.3) is 0 Å². The van der Waals surface area contributed by atoms with Gasteiger partial charge >= 0.3 is 12.1 Å².